The normalized spacial score (nSPS) is 13.6. The van der Waals surface area contributed by atoms with E-state index in [4.69, 9.17) is 10.1 Å². The first kappa shape index (κ1) is 24.0. The molecule has 0 unspecified atom stereocenters. The summed E-state index contributed by atoms with van der Waals surface area (Å²) in [5, 5.41) is 12.3. The van der Waals surface area contributed by atoms with Gasteiger partial charge in [0, 0.05) is 12.1 Å². The monoisotopic (exact) mass is 495 g/mol. The summed E-state index contributed by atoms with van der Waals surface area (Å²) in [5.74, 6) is -1.15. The SMILES string of the molecule is Cl.O=C(O)CCNCCc1ccc(-c2nc3ccc(C4(c5ccccc5)C=C4)nc3s2)c(F)c1. The number of carboxylic acids is 1. The zero-order chi connectivity index (χ0) is 22.8. The zero-order valence-electron chi connectivity index (χ0n) is 18.2. The lowest BCUT2D eigenvalue weighted by Gasteiger charge is -2.15. The number of thiazole rings is 1. The average Bonchev–Trinajstić information content (AvgIpc) is 3.52. The molecule has 0 fully saturated rings. The quantitative estimate of drug-likeness (QED) is 0.241. The van der Waals surface area contributed by atoms with Crippen molar-refractivity contribution in [2.45, 2.75) is 18.3 Å². The van der Waals surface area contributed by atoms with Crippen LogP contribution in [0, 0.1) is 5.82 Å². The minimum Gasteiger partial charge on any atom is -0.481 e. The second-order valence-corrected chi connectivity index (χ2v) is 9.04. The number of carbonyl (C=O) groups is 1. The first-order chi connectivity index (χ1) is 16.0. The van der Waals surface area contributed by atoms with Crippen LogP contribution in [0.4, 0.5) is 4.39 Å². The van der Waals surface area contributed by atoms with Gasteiger partial charge in [-0.05, 0) is 48.4 Å². The van der Waals surface area contributed by atoms with E-state index in [1.165, 1.54) is 23.0 Å². The van der Waals surface area contributed by atoms with Crippen LogP contribution in [0.3, 0.4) is 0 Å². The summed E-state index contributed by atoms with van der Waals surface area (Å²) >= 11 is 1.39. The molecule has 2 aromatic carbocycles. The lowest BCUT2D eigenvalue weighted by Crippen LogP contribution is -2.20. The predicted molar refractivity (Wildman–Crippen MR) is 135 cm³/mol. The van der Waals surface area contributed by atoms with E-state index < -0.39 is 5.97 Å². The number of allylic oxidation sites excluding steroid dienone is 2. The molecule has 8 heteroatoms. The molecule has 0 saturated heterocycles. The molecule has 0 atom stereocenters. The number of nitrogens with zero attached hydrogens (tertiary/aromatic N) is 2. The van der Waals surface area contributed by atoms with Crippen molar-refractivity contribution in [2.24, 2.45) is 0 Å². The third-order valence-corrected chi connectivity index (χ3v) is 6.80. The molecule has 1 aliphatic rings. The number of pyridine rings is 1. The van der Waals surface area contributed by atoms with Crippen molar-refractivity contribution < 1.29 is 14.3 Å². The summed E-state index contributed by atoms with van der Waals surface area (Å²) < 4.78 is 14.9. The molecule has 2 N–H and O–H groups in total. The number of halogens is 2. The fourth-order valence-corrected chi connectivity index (χ4v) is 4.88. The van der Waals surface area contributed by atoms with Crippen LogP contribution in [-0.2, 0) is 16.6 Å². The third kappa shape index (κ3) is 4.87. The molecule has 2 aromatic heterocycles. The van der Waals surface area contributed by atoms with Crippen LogP contribution in [0.25, 0.3) is 20.9 Å². The lowest BCUT2D eigenvalue weighted by atomic mass is 9.89. The summed E-state index contributed by atoms with van der Waals surface area (Å²) in [5.41, 5.74) is 3.94. The standard InChI is InChI=1S/C26H22FN3O2S.ClH/c27-20-16-17(10-14-28-15-11-23(31)32)6-7-19(20)24-29-21-8-9-22(30-25(21)33-24)26(12-13-26)18-4-2-1-3-5-18;/h1-9,12-13,16,28H,10-11,14-15H2,(H,31,32);1H. The molecule has 5 nitrogen and oxygen atoms in total. The van der Waals surface area contributed by atoms with E-state index in [9.17, 15) is 9.18 Å². The van der Waals surface area contributed by atoms with E-state index in [0.717, 1.165) is 21.6 Å². The predicted octanol–water partition coefficient (Wildman–Crippen LogP) is 5.38. The number of rotatable bonds is 9. The molecule has 0 amide bonds. The lowest BCUT2D eigenvalue weighted by molar-refractivity contribution is -0.136. The largest absolute Gasteiger partial charge is 0.481 e. The van der Waals surface area contributed by atoms with Crippen molar-refractivity contribution in [1.29, 1.82) is 0 Å². The molecule has 0 aliphatic heterocycles. The Bertz CT molecular complexity index is 1350. The smallest absolute Gasteiger partial charge is 0.304 e. The molecule has 0 saturated carbocycles. The molecule has 2 heterocycles. The minimum atomic E-state index is -0.834. The summed E-state index contributed by atoms with van der Waals surface area (Å²) in [6, 6.07) is 19.4. The van der Waals surface area contributed by atoms with Gasteiger partial charge in [-0.25, -0.2) is 14.4 Å². The second-order valence-electron chi connectivity index (χ2n) is 8.07. The van der Waals surface area contributed by atoms with Crippen molar-refractivity contribution in [3.05, 3.63) is 95.5 Å². The summed E-state index contributed by atoms with van der Waals surface area (Å²) in [6.45, 7) is 0.995. The second kappa shape index (κ2) is 10.0. The third-order valence-electron chi connectivity index (χ3n) is 5.80. The van der Waals surface area contributed by atoms with Gasteiger partial charge in [0.15, 0.2) is 0 Å². The van der Waals surface area contributed by atoms with E-state index in [1.807, 2.05) is 36.4 Å². The number of aromatic nitrogens is 2. The Balaban J connectivity index is 0.00000274. The van der Waals surface area contributed by atoms with Crippen molar-refractivity contribution in [2.75, 3.05) is 13.1 Å². The van der Waals surface area contributed by atoms with Gasteiger partial charge in [-0.15, -0.1) is 12.4 Å². The topological polar surface area (TPSA) is 75.1 Å². The van der Waals surface area contributed by atoms with E-state index in [2.05, 4.69) is 34.6 Å². The first-order valence-electron chi connectivity index (χ1n) is 10.8. The van der Waals surface area contributed by atoms with Gasteiger partial charge in [0.2, 0.25) is 0 Å². The van der Waals surface area contributed by atoms with Gasteiger partial charge in [0.05, 0.1) is 17.5 Å². The van der Waals surface area contributed by atoms with Crippen molar-refractivity contribution in [1.82, 2.24) is 15.3 Å². The van der Waals surface area contributed by atoms with Gasteiger partial charge in [-0.3, -0.25) is 4.79 Å². The van der Waals surface area contributed by atoms with Crippen LogP contribution >= 0.6 is 23.7 Å². The van der Waals surface area contributed by atoms with Gasteiger partial charge >= 0.3 is 5.97 Å². The van der Waals surface area contributed by atoms with E-state index in [1.54, 1.807) is 6.07 Å². The Labute approximate surface area is 206 Å². The highest BCUT2D eigenvalue weighted by Gasteiger charge is 2.39. The molecule has 34 heavy (non-hydrogen) atoms. The Hall–Kier alpha value is -3.13. The maximum absolute atomic E-state index is 14.9. The van der Waals surface area contributed by atoms with Gasteiger partial charge in [0.1, 0.15) is 21.2 Å². The summed E-state index contributed by atoms with van der Waals surface area (Å²) in [6.07, 6.45) is 4.99. The average molecular weight is 496 g/mol. The molecule has 0 bridgehead atoms. The number of hydrogen-bond donors (Lipinski definition) is 2. The van der Waals surface area contributed by atoms with Gasteiger partial charge in [-0.2, -0.15) is 0 Å². The number of aliphatic carboxylic acids is 1. The fraction of sp³-hybridized carbons (Fsp3) is 0.192. The van der Waals surface area contributed by atoms with Crippen LogP contribution in [0.5, 0.6) is 0 Å². The van der Waals surface area contributed by atoms with Gasteiger partial charge in [0.25, 0.3) is 0 Å². The number of fused-ring (bicyclic) bond motifs is 1. The molecule has 0 radical (unpaired) electrons. The Kier molecular flexibility index (Phi) is 7.07. The van der Waals surface area contributed by atoms with E-state index in [-0.39, 0.29) is 30.1 Å². The molecular formula is C26H23ClFN3O2S. The number of hydrogen-bond acceptors (Lipinski definition) is 5. The number of carboxylic acid groups (broad SMARTS) is 1. The Morgan fingerprint density at radius 2 is 1.82 bits per heavy atom. The number of nitrogens with one attached hydrogen (secondary N) is 1. The maximum atomic E-state index is 14.9. The zero-order valence-corrected chi connectivity index (χ0v) is 19.8. The number of benzene rings is 2. The van der Waals surface area contributed by atoms with Crippen molar-refractivity contribution in [3.8, 4) is 10.6 Å². The maximum Gasteiger partial charge on any atom is 0.304 e. The van der Waals surface area contributed by atoms with Crippen molar-refractivity contribution >= 4 is 40.1 Å². The van der Waals surface area contributed by atoms with Crippen LogP contribution in [0.2, 0.25) is 0 Å². The minimum absolute atomic E-state index is 0. The molecule has 5 rings (SSSR count). The summed E-state index contributed by atoms with van der Waals surface area (Å²) in [7, 11) is 0. The van der Waals surface area contributed by atoms with E-state index in [0.29, 0.717) is 30.1 Å². The van der Waals surface area contributed by atoms with Crippen LogP contribution in [0.1, 0.15) is 23.2 Å². The highest BCUT2D eigenvalue weighted by molar-refractivity contribution is 7.21. The van der Waals surface area contributed by atoms with Crippen LogP contribution < -0.4 is 5.32 Å². The highest BCUT2D eigenvalue weighted by Crippen LogP contribution is 2.45. The Morgan fingerprint density at radius 3 is 2.53 bits per heavy atom. The fourth-order valence-electron chi connectivity index (χ4n) is 3.91. The summed E-state index contributed by atoms with van der Waals surface area (Å²) in [4.78, 5) is 20.8. The molecular weight excluding hydrogens is 473 g/mol. The molecule has 1 aliphatic carbocycles. The first-order valence-corrected chi connectivity index (χ1v) is 11.6. The highest BCUT2D eigenvalue weighted by atomic mass is 35.5. The molecule has 0 spiro atoms. The molecule has 174 valence electrons. The van der Waals surface area contributed by atoms with Crippen LogP contribution in [-0.4, -0.2) is 34.1 Å². The van der Waals surface area contributed by atoms with Crippen molar-refractivity contribution in [3.63, 3.8) is 0 Å². The Morgan fingerprint density at radius 1 is 1.03 bits per heavy atom. The van der Waals surface area contributed by atoms with E-state index >= 15 is 0 Å². The van der Waals surface area contributed by atoms with Gasteiger partial charge < -0.3 is 10.4 Å². The van der Waals surface area contributed by atoms with Crippen LogP contribution in [0.15, 0.2) is 72.8 Å². The van der Waals surface area contributed by atoms with Gasteiger partial charge in [-0.1, -0.05) is 59.9 Å². The molecule has 4 aromatic rings.